The molecule has 3 nitrogen and oxygen atoms in total. The largest absolute Gasteiger partial charge is 0.383 e. The Morgan fingerprint density at radius 3 is 3.11 bits per heavy atom. The molecule has 1 saturated heterocycles. The van der Waals surface area contributed by atoms with Gasteiger partial charge in [0.05, 0.1) is 5.52 Å². The van der Waals surface area contributed by atoms with Crippen LogP contribution >= 0.6 is 11.6 Å². The van der Waals surface area contributed by atoms with Gasteiger partial charge in [-0.15, -0.1) is 0 Å². The third kappa shape index (κ3) is 2.67. The first-order valence-electron chi connectivity index (χ1n) is 6.72. The molecule has 1 aromatic heterocycles. The van der Waals surface area contributed by atoms with Crippen LogP contribution in [0.3, 0.4) is 0 Å². The van der Waals surface area contributed by atoms with Crippen molar-refractivity contribution in [2.24, 2.45) is 0 Å². The van der Waals surface area contributed by atoms with E-state index in [9.17, 15) is 0 Å². The number of pyridine rings is 1. The molecule has 0 spiro atoms. The number of anilines is 1. The quantitative estimate of drug-likeness (QED) is 0.931. The van der Waals surface area contributed by atoms with Crippen molar-refractivity contribution >= 4 is 28.2 Å². The van der Waals surface area contributed by atoms with Crippen LogP contribution in [0.4, 0.5) is 5.69 Å². The Morgan fingerprint density at radius 2 is 2.32 bits per heavy atom. The summed E-state index contributed by atoms with van der Waals surface area (Å²) >= 11 is 6.00. The lowest BCUT2D eigenvalue weighted by molar-refractivity contribution is 0.322. The number of likely N-dealkylation sites (N-methyl/N-ethyl adjacent to an activating group) is 1. The van der Waals surface area contributed by atoms with Gasteiger partial charge in [-0.3, -0.25) is 4.98 Å². The lowest BCUT2D eigenvalue weighted by Crippen LogP contribution is -2.31. The third-order valence-electron chi connectivity index (χ3n) is 3.90. The van der Waals surface area contributed by atoms with Gasteiger partial charge in [0.1, 0.15) is 0 Å². The summed E-state index contributed by atoms with van der Waals surface area (Å²) in [4.78, 5) is 6.79. The van der Waals surface area contributed by atoms with Crippen molar-refractivity contribution < 1.29 is 0 Å². The highest BCUT2D eigenvalue weighted by Crippen LogP contribution is 2.25. The zero-order valence-corrected chi connectivity index (χ0v) is 11.8. The highest BCUT2D eigenvalue weighted by Gasteiger charge is 2.20. The lowest BCUT2D eigenvalue weighted by atomic mass is 10.1. The van der Waals surface area contributed by atoms with Crippen molar-refractivity contribution in [1.29, 1.82) is 0 Å². The van der Waals surface area contributed by atoms with E-state index < -0.39 is 0 Å². The van der Waals surface area contributed by atoms with E-state index in [-0.39, 0.29) is 0 Å². The van der Waals surface area contributed by atoms with Crippen LogP contribution in [0.2, 0.25) is 5.02 Å². The van der Waals surface area contributed by atoms with Gasteiger partial charge in [-0.1, -0.05) is 11.6 Å². The Labute approximate surface area is 118 Å². The van der Waals surface area contributed by atoms with Crippen LogP contribution in [0.5, 0.6) is 0 Å². The molecule has 0 saturated carbocycles. The van der Waals surface area contributed by atoms with Crippen molar-refractivity contribution in [3.63, 3.8) is 0 Å². The van der Waals surface area contributed by atoms with Gasteiger partial charge in [0.25, 0.3) is 0 Å². The maximum absolute atomic E-state index is 6.00. The smallest absolute Gasteiger partial charge is 0.0737 e. The molecule has 1 aliphatic heterocycles. The normalized spacial score (nSPS) is 20.0. The van der Waals surface area contributed by atoms with E-state index in [1.807, 2.05) is 30.5 Å². The van der Waals surface area contributed by atoms with Crippen molar-refractivity contribution in [2.45, 2.75) is 18.9 Å². The number of fused-ring (bicyclic) bond motifs is 1. The number of nitrogens with zero attached hydrogens (tertiary/aromatic N) is 2. The van der Waals surface area contributed by atoms with E-state index in [4.69, 9.17) is 11.6 Å². The van der Waals surface area contributed by atoms with Gasteiger partial charge >= 0.3 is 0 Å². The van der Waals surface area contributed by atoms with Crippen LogP contribution in [0.25, 0.3) is 10.9 Å². The minimum Gasteiger partial charge on any atom is -0.383 e. The van der Waals surface area contributed by atoms with E-state index in [1.54, 1.807) is 0 Å². The van der Waals surface area contributed by atoms with Gasteiger partial charge < -0.3 is 10.2 Å². The first-order valence-corrected chi connectivity index (χ1v) is 7.10. The molecule has 2 heterocycles. The average Bonchev–Trinajstić information content (AvgIpc) is 2.81. The zero-order valence-electron chi connectivity index (χ0n) is 11.1. The molecule has 2 aromatic rings. The number of hydrogen-bond acceptors (Lipinski definition) is 3. The molecule has 1 fully saturated rings. The minimum absolute atomic E-state index is 0.635. The van der Waals surface area contributed by atoms with Gasteiger partial charge in [-0.05, 0) is 50.7 Å². The van der Waals surface area contributed by atoms with E-state index in [0.717, 1.165) is 28.2 Å². The molecule has 1 aliphatic rings. The van der Waals surface area contributed by atoms with Gasteiger partial charge in [0.2, 0.25) is 0 Å². The van der Waals surface area contributed by atoms with Gasteiger partial charge in [0.15, 0.2) is 0 Å². The highest BCUT2D eigenvalue weighted by molar-refractivity contribution is 6.31. The lowest BCUT2D eigenvalue weighted by Gasteiger charge is -2.20. The second-order valence-corrected chi connectivity index (χ2v) is 5.61. The molecule has 0 unspecified atom stereocenters. The predicted molar refractivity (Wildman–Crippen MR) is 80.9 cm³/mol. The third-order valence-corrected chi connectivity index (χ3v) is 4.14. The number of nitrogens with one attached hydrogen (secondary N) is 1. The highest BCUT2D eigenvalue weighted by atomic mass is 35.5. The van der Waals surface area contributed by atoms with Crippen LogP contribution in [0.1, 0.15) is 12.8 Å². The topological polar surface area (TPSA) is 28.2 Å². The molecular weight excluding hydrogens is 258 g/mol. The van der Waals surface area contributed by atoms with Crippen molar-refractivity contribution in [3.05, 3.63) is 35.5 Å². The van der Waals surface area contributed by atoms with E-state index >= 15 is 0 Å². The van der Waals surface area contributed by atoms with E-state index in [0.29, 0.717) is 6.04 Å². The van der Waals surface area contributed by atoms with Crippen LogP contribution in [0, 0.1) is 0 Å². The van der Waals surface area contributed by atoms with Crippen LogP contribution in [-0.4, -0.2) is 36.1 Å². The Kier molecular flexibility index (Phi) is 3.58. The summed E-state index contributed by atoms with van der Waals surface area (Å²) in [5.74, 6) is 0. The fourth-order valence-corrected chi connectivity index (χ4v) is 2.91. The first-order chi connectivity index (χ1) is 9.24. The van der Waals surface area contributed by atoms with Crippen LogP contribution < -0.4 is 5.32 Å². The molecule has 19 heavy (non-hydrogen) atoms. The Morgan fingerprint density at radius 1 is 1.42 bits per heavy atom. The van der Waals surface area contributed by atoms with Crippen molar-refractivity contribution in [1.82, 2.24) is 9.88 Å². The van der Waals surface area contributed by atoms with Crippen LogP contribution in [0.15, 0.2) is 30.5 Å². The molecule has 0 amide bonds. The molecule has 1 aromatic carbocycles. The summed E-state index contributed by atoms with van der Waals surface area (Å²) in [6.45, 7) is 2.19. The van der Waals surface area contributed by atoms with Gasteiger partial charge in [-0.25, -0.2) is 0 Å². The van der Waals surface area contributed by atoms with Gasteiger partial charge in [0, 0.05) is 34.9 Å². The second kappa shape index (κ2) is 5.35. The number of likely N-dealkylation sites (tertiary alicyclic amines) is 1. The van der Waals surface area contributed by atoms with Gasteiger partial charge in [-0.2, -0.15) is 0 Å². The number of benzene rings is 1. The molecule has 1 N–H and O–H groups in total. The maximum atomic E-state index is 6.00. The van der Waals surface area contributed by atoms with Crippen molar-refractivity contribution in [3.8, 4) is 0 Å². The summed E-state index contributed by atoms with van der Waals surface area (Å²) in [5, 5.41) is 5.42. The monoisotopic (exact) mass is 275 g/mol. The Bertz CT molecular complexity index is 585. The predicted octanol–water partition coefficient (Wildman–Crippen LogP) is 3.39. The summed E-state index contributed by atoms with van der Waals surface area (Å²) in [6.07, 6.45) is 4.41. The maximum Gasteiger partial charge on any atom is 0.0737 e. The Hall–Kier alpha value is -1.32. The minimum atomic E-state index is 0.635. The summed E-state index contributed by atoms with van der Waals surface area (Å²) in [5.41, 5.74) is 2.08. The molecule has 1 atom stereocenters. The summed E-state index contributed by atoms with van der Waals surface area (Å²) in [7, 11) is 2.20. The number of aromatic nitrogens is 1. The molecule has 0 radical (unpaired) electrons. The molecular formula is C15H18ClN3. The van der Waals surface area contributed by atoms with Crippen molar-refractivity contribution in [2.75, 3.05) is 25.5 Å². The molecule has 0 bridgehead atoms. The molecule has 0 aliphatic carbocycles. The van der Waals surface area contributed by atoms with Crippen LogP contribution in [-0.2, 0) is 0 Å². The number of hydrogen-bond donors (Lipinski definition) is 1. The van der Waals surface area contributed by atoms with E-state index in [1.165, 1.54) is 19.4 Å². The number of halogens is 1. The first kappa shape index (κ1) is 12.7. The molecule has 100 valence electrons. The number of rotatable bonds is 3. The SMILES string of the molecule is CN1CCC[C@H]1CNc1ccnc2cc(Cl)ccc12. The van der Waals surface area contributed by atoms with E-state index in [2.05, 4.69) is 22.2 Å². The molecule has 3 rings (SSSR count). The Balaban J connectivity index is 1.81. The zero-order chi connectivity index (χ0) is 13.2. The molecule has 4 heteroatoms. The average molecular weight is 276 g/mol. The summed E-state index contributed by atoms with van der Waals surface area (Å²) < 4.78 is 0. The fraction of sp³-hybridized carbons (Fsp3) is 0.400. The second-order valence-electron chi connectivity index (χ2n) is 5.18. The fourth-order valence-electron chi connectivity index (χ4n) is 2.74. The summed E-state index contributed by atoms with van der Waals surface area (Å²) in [6, 6.07) is 8.52. The standard InChI is InChI=1S/C15H18ClN3/c1-19-8-2-3-12(19)10-18-14-6-7-17-15-9-11(16)4-5-13(14)15/h4-7,9,12H,2-3,8,10H2,1H3,(H,17,18)/t12-/m0/s1.